The van der Waals surface area contributed by atoms with E-state index in [1.807, 2.05) is 19.1 Å². The predicted octanol–water partition coefficient (Wildman–Crippen LogP) is 1.80. The molecule has 1 fully saturated rings. The Morgan fingerprint density at radius 1 is 1.27 bits per heavy atom. The van der Waals surface area contributed by atoms with Crippen LogP contribution in [0.2, 0.25) is 0 Å². The van der Waals surface area contributed by atoms with Gasteiger partial charge < -0.3 is 10.5 Å². The van der Waals surface area contributed by atoms with Gasteiger partial charge in [-0.15, -0.1) is 12.4 Å². The van der Waals surface area contributed by atoms with Gasteiger partial charge in [-0.05, 0) is 30.9 Å². The van der Waals surface area contributed by atoms with Crippen molar-refractivity contribution >= 4 is 22.4 Å². The number of sulfonamides is 1. The van der Waals surface area contributed by atoms with Crippen LogP contribution in [0.3, 0.4) is 0 Å². The topological polar surface area (TPSA) is 72.6 Å². The molecule has 0 radical (unpaired) electrons. The van der Waals surface area contributed by atoms with Gasteiger partial charge in [-0.3, -0.25) is 0 Å². The molecule has 1 aliphatic rings. The summed E-state index contributed by atoms with van der Waals surface area (Å²) in [5, 5.41) is 0. The SMILES string of the molecule is CCc1ccccc1S(=O)(=O)N(CCN)C1CCOCC1.Cl. The van der Waals surface area contributed by atoms with Crippen molar-refractivity contribution < 1.29 is 13.2 Å². The summed E-state index contributed by atoms with van der Waals surface area (Å²) >= 11 is 0. The van der Waals surface area contributed by atoms with Gasteiger partial charge in [0.1, 0.15) is 0 Å². The lowest BCUT2D eigenvalue weighted by atomic mass is 10.1. The van der Waals surface area contributed by atoms with E-state index in [9.17, 15) is 8.42 Å². The van der Waals surface area contributed by atoms with E-state index < -0.39 is 10.0 Å². The standard InChI is InChI=1S/C15H24N2O3S.ClH/c1-2-13-5-3-4-6-15(13)21(18,19)17(10-9-16)14-7-11-20-12-8-14;/h3-6,14H,2,7-12,16H2,1H3;1H. The molecule has 0 atom stereocenters. The molecule has 0 unspecified atom stereocenters. The molecule has 0 spiro atoms. The first kappa shape index (κ1) is 19.4. The number of hydrogen-bond donors (Lipinski definition) is 1. The van der Waals surface area contributed by atoms with Crippen LogP contribution in [0.25, 0.3) is 0 Å². The minimum atomic E-state index is -3.51. The van der Waals surface area contributed by atoms with Gasteiger partial charge in [0.15, 0.2) is 0 Å². The Bertz CT molecular complexity index is 560. The van der Waals surface area contributed by atoms with Gasteiger partial charge in [0, 0.05) is 32.3 Å². The molecule has 1 heterocycles. The highest BCUT2D eigenvalue weighted by atomic mass is 35.5. The molecule has 0 aromatic heterocycles. The van der Waals surface area contributed by atoms with Crippen LogP contribution in [0.1, 0.15) is 25.3 Å². The van der Waals surface area contributed by atoms with Crippen molar-refractivity contribution in [2.24, 2.45) is 5.73 Å². The highest BCUT2D eigenvalue weighted by Crippen LogP contribution is 2.25. The molecule has 2 rings (SSSR count). The Labute approximate surface area is 139 Å². The van der Waals surface area contributed by atoms with Crippen LogP contribution in [0.15, 0.2) is 29.2 Å². The molecule has 1 aliphatic heterocycles. The molecule has 5 nitrogen and oxygen atoms in total. The highest BCUT2D eigenvalue weighted by molar-refractivity contribution is 7.89. The first-order valence-corrected chi connectivity index (χ1v) is 8.92. The zero-order chi connectivity index (χ0) is 15.3. The Kier molecular flexibility index (Phi) is 7.79. The maximum absolute atomic E-state index is 13.0. The number of nitrogens with zero attached hydrogens (tertiary/aromatic N) is 1. The fourth-order valence-corrected chi connectivity index (χ4v) is 4.77. The van der Waals surface area contributed by atoms with Crippen molar-refractivity contribution in [2.45, 2.75) is 37.1 Å². The van der Waals surface area contributed by atoms with Crippen molar-refractivity contribution in [1.29, 1.82) is 0 Å². The van der Waals surface area contributed by atoms with Crippen molar-refractivity contribution in [3.8, 4) is 0 Å². The zero-order valence-electron chi connectivity index (χ0n) is 12.9. The number of hydrogen-bond acceptors (Lipinski definition) is 4. The van der Waals surface area contributed by atoms with Gasteiger partial charge >= 0.3 is 0 Å². The molecule has 0 saturated carbocycles. The third-order valence-corrected chi connectivity index (χ3v) is 5.94. The second kappa shape index (κ2) is 8.84. The lowest BCUT2D eigenvalue weighted by molar-refractivity contribution is 0.0590. The van der Waals surface area contributed by atoms with Crippen LogP contribution in [0.4, 0.5) is 0 Å². The molecular formula is C15H25ClN2O3S. The van der Waals surface area contributed by atoms with E-state index in [1.54, 1.807) is 16.4 Å². The quantitative estimate of drug-likeness (QED) is 0.850. The number of aryl methyl sites for hydroxylation is 1. The van der Waals surface area contributed by atoms with Gasteiger partial charge in [0.05, 0.1) is 4.90 Å². The zero-order valence-corrected chi connectivity index (χ0v) is 14.5. The van der Waals surface area contributed by atoms with Crippen LogP contribution in [0.5, 0.6) is 0 Å². The Balaban J connectivity index is 0.00000242. The minimum Gasteiger partial charge on any atom is -0.381 e. The minimum absolute atomic E-state index is 0. The van der Waals surface area contributed by atoms with E-state index >= 15 is 0 Å². The third kappa shape index (κ3) is 4.20. The fourth-order valence-electron chi connectivity index (χ4n) is 2.77. The monoisotopic (exact) mass is 348 g/mol. The fraction of sp³-hybridized carbons (Fsp3) is 0.600. The van der Waals surface area contributed by atoms with Gasteiger partial charge in [0.2, 0.25) is 10.0 Å². The Morgan fingerprint density at radius 3 is 2.50 bits per heavy atom. The van der Waals surface area contributed by atoms with Gasteiger partial charge in [0.25, 0.3) is 0 Å². The maximum atomic E-state index is 13.0. The molecule has 0 bridgehead atoms. The molecule has 1 aromatic rings. The third-order valence-electron chi connectivity index (χ3n) is 3.89. The lowest BCUT2D eigenvalue weighted by Crippen LogP contribution is -2.45. The van der Waals surface area contributed by atoms with Crippen LogP contribution in [0, 0.1) is 0 Å². The van der Waals surface area contributed by atoms with E-state index in [1.165, 1.54) is 0 Å². The molecule has 0 aliphatic carbocycles. The summed E-state index contributed by atoms with van der Waals surface area (Å²) in [5.74, 6) is 0. The predicted molar refractivity (Wildman–Crippen MR) is 89.9 cm³/mol. The normalized spacial score (nSPS) is 16.5. The maximum Gasteiger partial charge on any atom is 0.243 e. The van der Waals surface area contributed by atoms with E-state index in [0.29, 0.717) is 37.6 Å². The number of benzene rings is 1. The van der Waals surface area contributed by atoms with Gasteiger partial charge in [-0.1, -0.05) is 25.1 Å². The van der Waals surface area contributed by atoms with Gasteiger partial charge in [-0.2, -0.15) is 4.31 Å². The Morgan fingerprint density at radius 2 is 1.91 bits per heavy atom. The number of halogens is 1. The van der Waals surface area contributed by atoms with Crippen LogP contribution in [-0.4, -0.2) is 45.1 Å². The second-order valence-corrected chi connectivity index (χ2v) is 7.07. The van der Waals surface area contributed by atoms with Crippen molar-refractivity contribution in [3.05, 3.63) is 29.8 Å². The summed E-state index contributed by atoms with van der Waals surface area (Å²) < 4.78 is 33.0. The van der Waals surface area contributed by atoms with Crippen LogP contribution >= 0.6 is 12.4 Å². The number of rotatable bonds is 6. The number of ether oxygens (including phenoxy) is 1. The second-order valence-electron chi connectivity index (χ2n) is 5.21. The highest BCUT2D eigenvalue weighted by Gasteiger charge is 2.33. The lowest BCUT2D eigenvalue weighted by Gasteiger charge is -2.33. The average molecular weight is 349 g/mol. The number of nitrogens with two attached hydrogens (primary N) is 1. The molecule has 2 N–H and O–H groups in total. The van der Waals surface area contributed by atoms with Crippen LogP contribution < -0.4 is 5.73 Å². The molecule has 22 heavy (non-hydrogen) atoms. The summed E-state index contributed by atoms with van der Waals surface area (Å²) in [4.78, 5) is 0.410. The molecule has 1 saturated heterocycles. The molecule has 126 valence electrons. The van der Waals surface area contributed by atoms with E-state index in [4.69, 9.17) is 10.5 Å². The molecule has 1 aromatic carbocycles. The Hall–Kier alpha value is -0.660. The van der Waals surface area contributed by atoms with E-state index in [0.717, 1.165) is 18.4 Å². The molecule has 0 amide bonds. The van der Waals surface area contributed by atoms with Crippen LogP contribution in [-0.2, 0) is 21.2 Å². The summed E-state index contributed by atoms with van der Waals surface area (Å²) in [6, 6.07) is 7.20. The first-order chi connectivity index (χ1) is 10.1. The van der Waals surface area contributed by atoms with Crippen molar-refractivity contribution in [3.63, 3.8) is 0 Å². The smallest absolute Gasteiger partial charge is 0.243 e. The average Bonchev–Trinajstić information content (AvgIpc) is 2.53. The van der Waals surface area contributed by atoms with Crippen molar-refractivity contribution in [2.75, 3.05) is 26.3 Å². The molecule has 7 heteroatoms. The van der Waals surface area contributed by atoms with E-state index in [-0.39, 0.29) is 18.4 Å². The summed E-state index contributed by atoms with van der Waals surface area (Å²) in [6.45, 7) is 3.86. The first-order valence-electron chi connectivity index (χ1n) is 7.48. The summed E-state index contributed by atoms with van der Waals surface area (Å²) in [7, 11) is -3.51. The van der Waals surface area contributed by atoms with E-state index in [2.05, 4.69) is 0 Å². The van der Waals surface area contributed by atoms with Gasteiger partial charge in [-0.25, -0.2) is 8.42 Å². The van der Waals surface area contributed by atoms with Crippen molar-refractivity contribution in [1.82, 2.24) is 4.31 Å². The largest absolute Gasteiger partial charge is 0.381 e. The summed E-state index contributed by atoms with van der Waals surface area (Å²) in [6.07, 6.45) is 2.15. The summed E-state index contributed by atoms with van der Waals surface area (Å²) in [5.41, 5.74) is 6.50. The molecular weight excluding hydrogens is 324 g/mol.